The van der Waals surface area contributed by atoms with Crippen LogP contribution in [0.25, 0.3) is 16.6 Å². The highest BCUT2D eigenvalue weighted by atomic mass is 35.5. The molecule has 3 aromatic rings. The van der Waals surface area contributed by atoms with Gasteiger partial charge >= 0.3 is 0 Å². The van der Waals surface area contributed by atoms with Crippen molar-refractivity contribution in [2.24, 2.45) is 10.4 Å². The monoisotopic (exact) mass is 325 g/mol. The summed E-state index contributed by atoms with van der Waals surface area (Å²) in [5.41, 5.74) is 2.92. The Balaban J connectivity index is 2.30. The maximum Gasteiger partial charge on any atom is 0.163 e. The smallest absolute Gasteiger partial charge is 0.163 e. The molecule has 3 nitrogen and oxygen atoms in total. The van der Waals surface area contributed by atoms with E-state index >= 15 is 0 Å². The maximum absolute atomic E-state index is 6.19. The van der Waals surface area contributed by atoms with Gasteiger partial charge in [0.2, 0.25) is 0 Å². The van der Waals surface area contributed by atoms with Crippen molar-refractivity contribution in [1.29, 1.82) is 0 Å². The summed E-state index contributed by atoms with van der Waals surface area (Å²) in [5, 5.41) is 6.36. The van der Waals surface area contributed by atoms with Gasteiger partial charge in [0.15, 0.2) is 5.82 Å². The standard InChI is InChI=1S/C19H20ClN3/c1-13(19(2,3)4)21-18-16-12-14(20)10-11-17(16)22-23(18)15-8-6-5-7-9-15/h5-12H,1-4H3/b21-13+. The highest BCUT2D eigenvalue weighted by molar-refractivity contribution is 6.31. The van der Waals surface area contributed by atoms with Crippen LogP contribution in [-0.2, 0) is 0 Å². The molecule has 0 saturated heterocycles. The normalized spacial score (nSPS) is 12.8. The van der Waals surface area contributed by atoms with E-state index in [4.69, 9.17) is 21.7 Å². The van der Waals surface area contributed by atoms with E-state index in [1.165, 1.54) is 0 Å². The molecule has 3 rings (SSSR count). The lowest BCUT2D eigenvalue weighted by atomic mass is 9.91. The fourth-order valence-corrected chi connectivity index (χ4v) is 2.40. The first-order valence-electron chi connectivity index (χ1n) is 7.66. The van der Waals surface area contributed by atoms with Crippen LogP contribution in [0.2, 0.25) is 5.02 Å². The molecule has 0 fully saturated rings. The molecule has 0 radical (unpaired) electrons. The van der Waals surface area contributed by atoms with E-state index in [1.54, 1.807) is 0 Å². The summed E-state index contributed by atoms with van der Waals surface area (Å²) in [5.74, 6) is 0.820. The second kappa shape index (κ2) is 5.82. The van der Waals surface area contributed by atoms with Gasteiger partial charge in [0.25, 0.3) is 0 Å². The summed E-state index contributed by atoms with van der Waals surface area (Å²) in [7, 11) is 0. The van der Waals surface area contributed by atoms with E-state index < -0.39 is 0 Å². The summed E-state index contributed by atoms with van der Waals surface area (Å²) in [6, 6.07) is 15.8. The molecule has 0 aliphatic heterocycles. The average molecular weight is 326 g/mol. The third kappa shape index (κ3) is 3.15. The Morgan fingerprint density at radius 1 is 1.09 bits per heavy atom. The summed E-state index contributed by atoms with van der Waals surface area (Å²) in [4.78, 5) is 4.89. The molecule has 1 heterocycles. The topological polar surface area (TPSA) is 30.2 Å². The van der Waals surface area contributed by atoms with E-state index in [2.05, 4.69) is 27.7 Å². The molecule has 0 saturated carbocycles. The number of benzene rings is 2. The molecule has 0 bridgehead atoms. The van der Waals surface area contributed by atoms with E-state index in [-0.39, 0.29) is 5.41 Å². The molecule has 0 N–H and O–H groups in total. The van der Waals surface area contributed by atoms with E-state index in [9.17, 15) is 0 Å². The molecule has 0 amide bonds. The van der Waals surface area contributed by atoms with Crippen LogP contribution in [0.4, 0.5) is 5.82 Å². The molecular weight excluding hydrogens is 306 g/mol. The molecule has 0 aliphatic carbocycles. The van der Waals surface area contributed by atoms with Gasteiger partial charge in [-0.25, -0.2) is 9.67 Å². The fraction of sp³-hybridized carbons (Fsp3) is 0.263. The lowest BCUT2D eigenvalue weighted by molar-refractivity contribution is 0.587. The lowest BCUT2D eigenvalue weighted by Crippen LogP contribution is -2.16. The van der Waals surface area contributed by atoms with Crippen LogP contribution in [-0.4, -0.2) is 15.5 Å². The summed E-state index contributed by atoms with van der Waals surface area (Å²) < 4.78 is 1.89. The number of rotatable bonds is 2. The molecule has 0 unspecified atom stereocenters. The summed E-state index contributed by atoms with van der Waals surface area (Å²) in [6.45, 7) is 8.53. The second-order valence-electron chi connectivity index (χ2n) is 6.68. The summed E-state index contributed by atoms with van der Waals surface area (Å²) >= 11 is 6.19. The average Bonchev–Trinajstić information content (AvgIpc) is 2.85. The van der Waals surface area contributed by atoms with Gasteiger partial charge in [-0.15, -0.1) is 0 Å². The number of nitrogens with zero attached hydrogens (tertiary/aromatic N) is 3. The number of para-hydroxylation sites is 1. The van der Waals surface area contributed by atoms with Crippen molar-refractivity contribution in [3.63, 3.8) is 0 Å². The minimum absolute atomic E-state index is 0.00329. The maximum atomic E-state index is 6.19. The van der Waals surface area contributed by atoms with E-state index in [0.29, 0.717) is 5.02 Å². The van der Waals surface area contributed by atoms with Gasteiger partial charge in [-0.1, -0.05) is 50.6 Å². The largest absolute Gasteiger partial charge is 0.237 e. The zero-order chi connectivity index (χ0) is 16.6. The van der Waals surface area contributed by atoms with Crippen LogP contribution in [0, 0.1) is 5.41 Å². The number of halogens is 1. The molecule has 2 aromatic carbocycles. The van der Waals surface area contributed by atoms with Gasteiger partial charge in [-0.2, -0.15) is 5.10 Å². The number of aliphatic imine (C=N–C) groups is 1. The Morgan fingerprint density at radius 2 is 1.78 bits per heavy atom. The minimum atomic E-state index is -0.00329. The van der Waals surface area contributed by atoms with Gasteiger partial charge in [0.05, 0.1) is 11.2 Å². The first-order valence-corrected chi connectivity index (χ1v) is 8.03. The Hall–Kier alpha value is -2.13. The van der Waals surface area contributed by atoms with Gasteiger partial charge in [-0.3, -0.25) is 0 Å². The van der Waals surface area contributed by atoms with Crippen molar-refractivity contribution >= 4 is 34.0 Å². The van der Waals surface area contributed by atoms with Crippen LogP contribution in [0.5, 0.6) is 0 Å². The van der Waals surface area contributed by atoms with Gasteiger partial charge < -0.3 is 0 Å². The highest BCUT2D eigenvalue weighted by Gasteiger charge is 2.18. The SMILES string of the molecule is C/C(=N\c1c2cc(Cl)ccc2nn1-c1ccccc1)C(C)(C)C. The Bertz CT molecular complexity index is 871. The first-order chi connectivity index (χ1) is 10.9. The number of fused-ring (bicyclic) bond motifs is 1. The van der Waals surface area contributed by atoms with Crippen LogP contribution < -0.4 is 0 Å². The third-order valence-corrected chi connectivity index (χ3v) is 4.20. The quantitative estimate of drug-likeness (QED) is 0.546. The number of hydrogen-bond donors (Lipinski definition) is 0. The van der Waals surface area contributed by atoms with Crippen molar-refractivity contribution in [2.75, 3.05) is 0 Å². The van der Waals surface area contributed by atoms with Crippen molar-refractivity contribution in [2.45, 2.75) is 27.7 Å². The van der Waals surface area contributed by atoms with Crippen molar-refractivity contribution < 1.29 is 0 Å². The zero-order valence-corrected chi connectivity index (χ0v) is 14.6. The first kappa shape index (κ1) is 15.8. The van der Waals surface area contributed by atoms with Crippen molar-refractivity contribution in [3.05, 3.63) is 53.6 Å². The molecule has 0 spiro atoms. The Labute approximate surface area is 141 Å². The van der Waals surface area contributed by atoms with E-state index in [0.717, 1.165) is 28.1 Å². The molecule has 4 heteroatoms. The molecule has 118 valence electrons. The molecular formula is C19H20ClN3. The van der Waals surface area contributed by atoms with Crippen LogP contribution >= 0.6 is 11.6 Å². The van der Waals surface area contributed by atoms with E-state index in [1.807, 2.05) is 53.2 Å². The minimum Gasteiger partial charge on any atom is -0.237 e. The molecule has 23 heavy (non-hydrogen) atoms. The Kier molecular flexibility index (Phi) is 3.99. The fourth-order valence-electron chi connectivity index (χ4n) is 2.23. The highest BCUT2D eigenvalue weighted by Crippen LogP contribution is 2.32. The van der Waals surface area contributed by atoms with Crippen LogP contribution in [0.15, 0.2) is 53.5 Å². The van der Waals surface area contributed by atoms with Crippen LogP contribution in [0.3, 0.4) is 0 Å². The predicted molar refractivity (Wildman–Crippen MR) is 98.3 cm³/mol. The predicted octanol–water partition coefficient (Wildman–Crippen LogP) is 5.82. The van der Waals surface area contributed by atoms with Crippen molar-refractivity contribution in [3.8, 4) is 5.69 Å². The van der Waals surface area contributed by atoms with Gasteiger partial charge in [0.1, 0.15) is 0 Å². The Morgan fingerprint density at radius 3 is 2.43 bits per heavy atom. The number of hydrogen-bond acceptors (Lipinski definition) is 2. The van der Waals surface area contributed by atoms with Crippen LogP contribution in [0.1, 0.15) is 27.7 Å². The van der Waals surface area contributed by atoms with Gasteiger partial charge in [-0.05, 0) is 37.3 Å². The third-order valence-electron chi connectivity index (χ3n) is 3.97. The zero-order valence-electron chi connectivity index (χ0n) is 13.8. The van der Waals surface area contributed by atoms with Gasteiger partial charge in [0, 0.05) is 21.5 Å². The van der Waals surface area contributed by atoms with Crippen molar-refractivity contribution in [1.82, 2.24) is 9.78 Å². The molecule has 0 atom stereocenters. The molecule has 0 aliphatic rings. The number of aromatic nitrogens is 2. The summed E-state index contributed by atoms with van der Waals surface area (Å²) in [6.07, 6.45) is 0. The lowest BCUT2D eigenvalue weighted by Gasteiger charge is -2.18. The second-order valence-corrected chi connectivity index (χ2v) is 7.12. The molecule has 1 aromatic heterocycles.